The van der Waals surface area contributed by atoms with E-state index in [1.807, 2.05) is 0 Å². The molecule has 0 amide bonds. The largest absolute Gasteiger partial charge is 0.462 e. The molecule has 1 atom stereocenters. The Balaban J connectivity index is 4.27. The number of carbonyl (C=O) groups is 3. The van der Waals surface area contributed by atoms with Crippen LogP contribution in [0, 0.1) is 11.8 Å². The van der Waals surface area contributed by atoms with Gasteiger partial charge in [0, 0.05) is 19.3 Å². The molecular formula is C52H100O6. The molecule has 0 aliphatic rings. The minimum absolute atomic E-state index is 0.0644. The number of rotatable bonds is 46. The molecule has 0 N–H and O–H groups in total. The summed E-state index contributed by atoms with van der Waals surface area (Å²) in [6, 6.07) is 0. The third-order valence-electron chi connectivity index (χ3n) is 11.7. The van der Waals surface area contributed by atoms with Crippen LogP contribution in [0.25, 0.3) is 0 Å². The molecule has 0 rings (SSSR count). The summed E-state index contributed by atoms with van der Waals surface area (Å²) in [5, 5.41) is 0. The highest BCUT2D eigenvalue weighted by atomic mass is 16.6. The van der Waals surface area contributed by atoms with Gasteiger partial charge in [0.1, 0.15) is 13.2 Å². The Morgan fingerprint density at radius 1 is 0.328 bits per heavy atom. The van der Waals surface area contributed by atoms with Crippen LogP contribution in [-0.2, 0) is 28.6 Å². The van der Waals surface area contributed by atoms with Crippen molar-refractivity contribution in [1.29, 1.82) is 0 Å². The van der Waals surface area contributed by atoms with Crippen LogP contribution in [0.1, 0.15) is 285 Å². The molecule has 0 unspecified atom stereocenters. The number of hydrogen-bond acceptors (Lipinski definition) is 6. The molecule has 0 saturated heterocycles. The number of carbonyl (C=O) groups excluding carboxylic acids is 3. The maximum absolute atomic E-state index is 12.8. The van der Waals surface area contributed by atoms with Crippen molar-refractivity contribution in [2.24, 2.45) is 11.8 Å². The summed E-state index contributed by atoms with van der Waals surface area (Å²) in [5.41, 5.74) is 0. The van der Waals surface area contributed by atoms with Crippen LogP contribution in [0.2, 0.25) is 0 Å². The molecule has 0 fully saturated rings. The lowest BCUT2D eigenvalue weighted by molar-refractivity contribution is -0.167. The van der Waals surface area contributed by atoms with Crippen molar-refractivity contribution in [3.63, 3.8) is 0 Å². The molecule has 0 saturated carbocycles. The van der Waals surface area contributed by atoms with Gasteiger partial charge in [0.05, 0.1) is 0 Å². The van der Waals surface area contributed by atoms with Crippen molar-refractivity contribution in [1.82, 2.24) is 0 Å². The first-order valence-electron chi connectivity index (χ1n) is 25.7. The average Bonchev–Trinajstić information content (AvgIpc) is 3.19. The van der Waals surface area contributed by atoms with Crippen LogP contribution in [0.3, 0.4) is 0 Å². The number of ether oxygens (including phenoxy) is 3. The van der Waals surface area contributed by atoms with E-state index in [0.717, 1.165) is 69.6 Å². The van der Waals surface area contributed by atoms with Gasteiger partial charge in [-0.05, 0) is 31.1 Å². The Kier molecular flexibility index (Phi) is 43.7. The molecular weight excluding hydrogens is 721 g/mol. The highest BCUT2D eigenvalue weighted by Crippen LogP contribution is 2.17. The summed E-state index contributed by atoms with van der Waals surface area (Å²) in [4.78, 5) is 37.9. The molecule has 0 aromatic heterocycles. The third-order valence-corrected chi connectivity index (χ3v) is 11.7. The second-order valence-electron chi connectivity index (χ2n) is 18.8. The van der Waals surface area contributed by atoms with Crippen molar-refractivity contribution in [2.45, 2.75) is 291 Å². The molecule has 0 aliphatic heterocycles. The zero-order valence-electron chi connectivity index (χ0n) is 39.7. The SMILES string of the molecule is CCCCCCCCCCCCCCCCCCCC(=O)OC[C@H](COC(=O)CCCCCCCCCC(C)C)OC(=O)CCCCCCCCCCCCC(C)C. The lowest BCUT2D eigenvalue weighted by Gasteiger charge is -2.18. The van der Waals surface area contributed by atoms with E-state index in [1.165, 1.54) is 173 Å². The van der Waals surface area contributed by atoms with Crippen molar-refractivity contribution in [3.05, 3.63) is 0 Å². The maximum Gasteiger partial charge on any atom is 0.306 e. The van der Waals surface area contributed by atoms with Crippen LogP contribution in [-0.4, -0.2) is 37.2 Å². The fourth-order valence-corrected chi connectivity index (χ4v) is 7.81. The summed E-state index contributed by atoms with van der Waals surface area (Å²) in [6.45, 7) is 11.3. The Morgan fingerprint density at radius 3 is 0.845 bits per heavy atom. The fraction of sp³-hybridized carbons (Fsp3) is 0.942. The van der Waals surface area contributed by atoms with Crippen LogP contribution in [0.15, 0.2) is 0 Å². The molecule has 6 heteroatoms. The zero-order chi connectivity index (χ0) is 42.6. The maximum atomic E-state index is 12.8. The lowest BCUT2D eigenvalue weighted by Crippen LogP contribution is -2.30. The molecule has 6 nitrogen and oxygen atoms in total. The molecule has 0 radical (unpaired) electrons. The van der Waals surface area contributed by atoms with Crippen molar-refractivity contribution in [2.75, 3.05) is 13.2 Å². The van der Waals surface area contributed by atoms with Gasteiger partial charge in [0.25, 0.3) is 0 Å². The van der Waals surface area contributed by atoms with Gasteiger partial charge < -0.3 is 14.2 Å². The van der Waals surface area contributed by atoms with Crippen molar-refractivity contribution in [3.8, 4) is 0 Å². The monoisotopic (exact) mass is 821 g/mol. The number of unbranched alkanes of at least 4 members (excludes halogenated alkanes) is 31. The molecule has 344 valence electrons. The van der Waals surface area contributed by atoms with E-state index >= 15 is 0 Å². The van der Waals surface area contributed by atoms with E-state index in [9.17, 15) is 14.4 Å². The van der Waals surface area contributed by atoms with E-state index < -0.39 is 6.10 Å². The highest BCUT2D eigenvalue weighted by molar-refractivity contribution is 5.71. The third kappa shape index (κ3) is 45.5. The van der Waals surface area contributed by atoms with Crippen LogP contribution >= 0.6 is 0 Å². The van der Waals surface area contributed by atoms with Crippen LogP contribution < -0.4 is 0 Å². The van der Waals surface area contributed by atoms with Gasteiger partial charge >= 0.3 is 17.9 Å². The Bertz CT molecular complexity index is 885. The molecule has 0 aromatic rings. The quantitative estimate of drug-likeness (QED) is 0.0346. The minimum Gasteiger partial charge on any atom is -0.462 e. The van der Waals surface area contributed by atoms with Crippen LogP contribution in [0.4, 0.5) is 0 Å². The Morgan fingerprint density at radius 2 is 0.569 bits per heavy atom. The van der Waals surface area contributed by atoms with Crippen LogP contribution in [0.5, 0.6) is 0 Å². The molecule has 0 spiro atoms. The molecule has 0 aliphatic carbocycles. The highest BCUT2D eigenvalue weighted by Gasteiger charge is 2.19. The van der Waals surface area contributed by atoms with Gasteiger partial charge in [-0.1, -0.05) is 247 Å². The first kappa shape index (κ1) is 56.4. The van der Waals surface area contributed by atoms with Gasteiger partial charge in [-0.3, -0.25) is 14.4 Å². The summed E-state index contributed by atoms with van der Waals surface area (Å²) in [7, 11) is 0. The second kappa shape index (κ2) is 44.9. The van der Waals surface area contributed by atoms with Gasteiger partial charge in [-0.15, -0.1) is 0 Å². The van der Waals surface area contributed by atoms with E-state index in [1.54, 1.807) is 0 Å². The Hall–Kier alpha value is -1.59. The van der Waals surface area contributed by atoms with Gasteiger partial charge in [-0.2, -0.15) is 0 Å². The molecule has 0 heterocycles. The van der Waals surface area contributed by atoms with Crippen molar-refractivity contribution >= 4 is 17.9 Å². The summed E-state index contributed by atoms with van der Waals surface area (Å²) < 4.78 is 16.8. The molecule has 0 bridgehead atoms. The van der Waals surface area contributed by atoms with E-state index in [4.69, 9.17) is 14.2 Å². The standard InChI is InChI=1S/C52H100O6/c1-6-7-8-9-10-11-12-13-14-15-16-17-18-22-27-32-37-42-50(53)56-45-49(46-57-51(54)43-38-33-29-24-26-31-36-41-48(4)5)58-52(55)44-39-34-28-23-20-19-21-25-30-35-40-47(2)3/h47-49H,6-46H2,1-5H3/t49-/m1/s1. The normalized spacial score (nSPS) is 12.1. The summed E-state index contributed by atoms with van der Waals surface area (Å²) in [5.74, 6) is 0.745. The van der Waals surface area contributed by atoms with E-state index in [-0.39, 0.29) is 31.1 Å². The summed E-state index contributed by atoms with van der Waals surface area (Å²) >= 11 is 0. The Labute approximate surface area is 361 Å². The number of esters is 3. The minimum atomic E-state index is -0.762. The molecule has 58 heavy (non-hydrogen) atoms. The fourth-order valence-electron chi connectivity index (χ4n) is 7.81. The van der Waals surface area contributed by atoms with E-state index in [0.29, 0.717) is 19.3 Å². The first-order valence-corrected chi connectivity index (χ1v) is 25.7. The van der Waals surface area contributed by atoms with Crippen molar-refractivity contribution < 1.29 is 28.6 Å². The lowest BCUT2D eigenvalue weighted by atomic mass is 10.0. The summed E-state index contributed by atoms with van der Waals surface area (Å²) in [6.07, 6.45) is 45.3. The number of hydrogen-bond donors (Lipinski definition) is 0. The molecule has 0 aromatic carbocycles. The smallest absolute Gasteiger partial charge is 0.306 e. The van der Waals surface area contributed by atoms with Gasteiger partial charge in [0.2, 0.25) is 0 Å². The first-order chi connectivity index (χ1) is 28.2. The topological polar surface area (TPSA) is 78.9 Å². The predicted octanol–water partition coefficient (Wildman–Crippen LogP) is 16.5. The predicted molar refractivity (Wildman–Crippen MR) is 247 cm³/mol. The average molecular weight is 821 g/mol. The zero-order valence-corrected chi connectivity index (χ0v) is 39.7. The van der Waals surface area contributed by atoms with E-state index in [2.05, 4.69) is 34.6 Å². The second-order valence-corrected chi connectivity index (χ2v) is 18.8. The van der Waals surface area contributed by atoms with Gasteiger partial charge in [-0.25, -0.2) is 0 Å². The van der Waals surface area contributed by atoms with Gasteiger partial charge in [0.15, 0.2) is 6.10 Å².